The summed E-state index contributed by atoms with van der Waals surface area (Å²) in [4.78, 5) is 30.6. The van der Waals surface area contributed by atoms with E-state index >= 15 is 0 Å². The van der Waals surface area contributed by atoms with Gasteiger partial charge in [-0.2, -0.15) is 4.31 Å². The van der Waals surface area contributed by atoms with Gasteiger partial charge in [0.15, 0.2) is 0 Å². The molecule has 8 nitrogen and oxygen atoms in total. The number of aromatic nitrogens is 1. The summed E-state index contributed by atoms with van der Waals surface area (Å²) in [5, 5.41) is 0. The van der Waals surface area contributed by atoms with Gasteiger partial charge in [-0.1, -0.05) is 6.42 Å². The molecule has 0 unspecified atom stereocenters. The summed E-state index contributed by atoms with van der Waals surface area (Å²) in [6, 6.07) is 5.00. The first kappa shape index (κ1) is 22.5. The molecule has 32 heavy (non-hydrogen) atoms. The van der Waals surface area contributed by atoms with Crippen LogP contribution in [-0.2, 0) is 21.2 Å². The third-order valence-corrected chi connectivity index (χ3v) is 8.17. The van der Waals surface area contributed by atoms with E-state index in [9.17, 15) is 18.0 Å². The number of hydrogen-bond acceptors (Lipinski definition) is 5. The summed E-state index contributed by atoms with van der Waals surface area (Å²) in [5.41, 5.74) is 3.43. The van der Waals surface area contributed by atoms with Gasteiger partial charge in [-0.3, -0.25) is 4.79 Å². The molecule has 0 atom stereocenters. The molecule has 3 heterocycles. The lowest BCUT2D eigenvalue weighted by atomic mass is 10.1. The zero-order chi connectivity index (χ0) is 23.0. The van der Waals surface area contributed by atoms with Crippen molar-refractivity contribution in [2.45, 2.75) is 51.3 Å². The first-order valence-electron chi connectivity index (χ1n) is 11.1. The van der Waals surface area contributed by atoms with Crippen molar-refractivity contribution in [3.63, 3.8) is 0 Å². The normalized spacial score (nSPS) is 16.8. The van der Waals surface area contributed by atoms with Gasteiger partial charge in [-0.15, -0.1) is 0 Å². The number of sulfonamides is 1. The Kier molecular flexibility index (Phi) is 6.13. The van der Waals surface area contributed by atoms with Crippen LogP contribution in [0.25, 0.3) is 0 Å². The fourth-order valence-electron chi connectivity index (χ4n) is 4.61. The molecule has 172 valence electrons. The zero-order valence-corrected chi connectivity index (χ0v) is 19.5. The van der Waals surface area contributed by atoms with E-state index in [1.807, 2.05) is 0 Å². The minimum absolute atomic E-state index is 0.244. The predicted octanol–water partition coefficient (Wildman–Crippen LogP) is 3.19. The number of rotatable bonds is 5. The second-order valence-corrected chi connectivity index (χ2v) is 10.2. The van der Waals surface area contributed by atoms with Gasteiger partial charge >= 0.3 is 5.97 Å². The number of aryl methyl sites for hydroxylation is 1. The molecule has 1 N–H and O–H groups in total. The van der Waals surface area contributed by atoms with Crippen LogP contribution in [0.15, 0.2) is 23.1 Å². The molecule has 2 aromatic rings. The minimum atomic E-state index is -3.53. The Morgan fingerprint density at radius 1 is 1.09 bits per heavy atom. The molecule has 1 amide bonds. The lowest BCUT2D eigenvalue weighted by Gasteiger charge is -2.26. The highest BCUT2D eigenvalue weighted by Crippen LogP contribution is 2.33. The fraction of sp³-hybridized carbons (Fsp3) is 0.478. The second kappa shape index (κ2) is 8.71. The number of nitrogens with one attached hydrogen (secondary N) is 1. The van der Waals surface area contributed by atoms with Crippen molar-refractivity contribution >= 4 is 27.6 Å². The summed E-state index contributed by atoms with van der Waals surface area (Å²) in [6.45, 7) is 7.03. The molecule has 1 aromatic carbocycles. The van der Waals surface area contributed by atoms with E-state index in [0.717, 1.165) is 24.8 Å². The van der Waals surface area contributed by atoms with Crippen molar-refractivity contribution in [1.82, 2.24) is 9.29 Å². The van der Waals surface area contributed by atoms with Crippen LogP contribution in [0.4, 0.5) is 5.69 Å². The molecule has 0 saturated carbocycles. The quantitative estimate of drug-likeness (QED) is 0.692. The lowest BCUT2D eigenvalue weighted by Crippen LogP contribution is -2.35. The lowest BCUT2D eigenvalue weighted by molar-refractivity contribution is 0.0525. The molecule has 1 saturated heterocycles. The minimum Gasteiger partial charge on any atom is -0.462 e. The summed E-state index contributed by atoms with van der Waals surface area (Å²) in [7, 11) is -3.53. The number of amides is 1. The van der Waals surface area contributed by atoms with Gasteiger partial charge in [0.1, 0.15) is 5.69 Å². The molecule has 1 aromatic heterocycles. The maximum absolute atomic E-state index is 13.3. The maximum Gasteiger partial charge on any atom is 0.340 e. The summed E-state index contributed by atoms with van der Waals surface area (Å²) in [6.07, 6.45) is 3.40. The van der Waals surface area contributed by atoms with Crippen LogP contribution in [-0.4, -0.2) is 55.8 Å². The van der Waals surface area contributed by atoms with Crippen molar-refractivity contribution < 1.29 is 22.7 Å². The third kappa shape index (κ3) is 3.84. The zero-order valence-electron chi connectivity index (χ0n) is 18.7. The first-order chi connectivity index (χ1) is 15.3. The number of hydrogen-bond donors (Lipinski definition) is 1. The Labute approximate surface area is 188 Å². The summed E-state index contributed by atoms with van der Waals surface area (Å²) < 4.78 is 32.7. The Bertz CT molecular complexity index is 1160. The topological polar surface area (TPSA) is 99.8 Å². The molecular formula is C23H29N3O5S. The largest absolute Gasteiger partial charge is 0.462 e. The second-order valence-electron chi connectivity index (χ2n) is 8.31. The van der Waals surface area contributed by atoms with E-state index in [-0.39, 0.29) is 17.4 Å². The van der Waals surface area contributed by atoms with Gasteiger partial charge in [-0.25, -0.2) is 13.2 Å². The highest BCUT2D eigenvalue weighted by Gasteiger charge is 2.32. The summed E-state index contributed by atoms with van der Waals surface area (Å²) in [5.74, 6) is -0.696. The monoisotopic (exact) mass is 459 g/mol. The van der Waals surface area contributed by atoms with E-state index in [4.69, 9.17) is 4.74 Å². The Morgan fingerprint density at radius 3 is 2.50 bits per heavy atom. The van der Waals surface area contributed by atoms with Gasteiger partial charge in [0.05, 0.1) is 17.1 Å². The SMILES string of the molecule is CCOC(=O)c1c(C)[nH]c(C(=O)N2CCc3cc(S(=O)(=O)N4CCCCC4)ccc32)c1C. The van der Waals surface area contributed by atoms with Crippen LogP contribution in [0, 0.1) is 13.8 Å². The molecule has 0 aliphatic carbocycles. The molecule has 0 spiro atoms. The number of esters is 1. The van der Waals surface area contributed by atoms with Crippen LogP contribution in [0.3, 0.4) is 0 Å². The number of carbonyl (C=O) groups is 2. The number of benzene rings is 1. The number of fused-ring (bicyclic) bond motifs is 1. The fourth-order valence-corrected chi connectivity index (χ4v) is 6.18. The predicted molar refractivity (Wildman–Crippen MR) is 121 cm³/mol. The number of nitrogens with zero attached hydrogens (tertiary/aromatic N) is 2. The molecule has 2 aliphatic heterocycles. The van der Waals surface area contributed by atoms with E-state index in [1.165, 1.54) is 0 Å². The first-order valence-corrected chi connectivity index (χ1v) is 12.5. The smallest absolute Gasteiger partial charge is 0.340 e. The van der Waals surface area contributed by atoms with Gasteiger partial charge in [0.25, 0.3) is 5.91 Å². The molecule has 1 fully saturated rings. The number of H-pyrrole nitrogens is 1. The molecule has 2 aliphatic rings. The number of aromatic amines is 1. The Balaban J connectivity index is 1.61. The van der Waals surface area contributed by atoms with E-state index in [0.29, 0.717) is 54.3 Å². The van der Waals surface area contributed by atoms with Crippen molar-refractivity contribution in [3.05, 3.63) is 46.3 Å². The highest BCUT2D eigenvalue weighted by atomic mass is 32.2. The average Bonchev–Trinajstić information content (AvgIpc) is 3.34. The highest BCUT2D eigenvalue weighted by molar-refractivity contribution is 7.89. The van der Waals surface area contributed by atoms with Gasteiger partial charge in [0, 0.05) is 31.0 Å². The van der Waals surface area contributed by atoms with Crippen molar-refractivity contribution in [2.24, 2.45) is 0 Å². The van der Waals surface area contributed by atoms with Gasteiger partial charge in [-0.05, 0) is 69.4 Å². The van der Waals surface area contributed by atoms with Crippen LogP contribution in [0.2, 0.25) is 0 Å². The Hall–Kier alpha value is -2.65. The van der Waals surface area contributed by atoms with Crippen molar-refractivity contribution in [2.75, 3.05) is 31.1 Å². The molecule has 0 radical (unpaired) electrons. The molecule has 9 heteroatoms. The van der Waals surface area contributed by atoms with Crippen molar-refractivity contribution in [3.8, 4) is 0 Å². The molecule has 0 bridgehead atoms. The van der Waals surface area contributed by atoms with Crippen LogP contribution >= 0.6 is 0 Å². The maximum atomic E-state index is 13.3. The van der Waals surface area contributed by atoms with Gasteiger partial charge < -0.3 is 14.6 Å². The third-order valence-electron chi connectivity index (χ3n) is 6.28. The van der Waals surface area contributed by atoms with E-state index < -0.39 is 16.0 Å². The molecule has 4 rings (SSSR count). The van der Waals surface area contributed by atoms with Crippen LogP contribution in [0.1, 0.15) is 63.9 Å². The summed E-state index contributed by atoms with van der Waals surface area (Å²) >= 11 is 0. The number of ether oxygens (including phenoxy) is 1. The van der Waals surface area contributed by atoms with E-state index in [2.05, 4.69) is 4.98 Å². The molecular weight excluding hydrogens is 430 g/mol. The Morgan fingerprint density at radius 2 is 1.81 bits per heavy atom. The standard InChI is InChI=1S/C23H29N3O5S/c1-4-31-23(28)20-15(2)21(24-16(20)3)22(27)26-13-10-17-14-18(8-9-19(17)26)32(29,30)25-11-6-5-7-12-25/h8-9,14,24H,4-7,10-13H2,1-3H3. The van der Waals surface area contributed by atoms with Gasteiger partial charge in [0.2, 0.25) is 10.0 Å². The number of anilines is 1. The average molecular weight is 460 g/mol. The number of carbonyl (C=O) groups excluding carboxylic acids is 2. The van der Waals surface area contributed by atoms with E-state index in [1.54, 1.807) is 48.2 Å². The number of piperidine rings is 1. The van der Waals surface area contributed by atoms with Crippen molar-refractivity contribution in [1.29, 1.82) is 0 Å². The van der Waals surface area contributed by atoms with Crippen LogP contribution < -0.4 is 4.90 Å². The van der Waals surface area contributed by atoms with Crippen LogP contribution in [0.5, 0.6) is 0 Å².